The van der Waals surface area contributed by atoms with Gasteiger partial charge in [0.1, 0.15) is 5.75 Å². The molecule has 1 fully saturated rings. The van der Waals surface area contributed by atoms with Crippen molar-refractivity contribution in [1.29, 1.82) is 0 Å². The zero-order valence-electron chi connectivity index (χ0n) is 12.7. The minimum absolute atomic E-state index is 0.0281. The molecule has 1 saturated carbocycles. The van der Waals surface area contributed by atoms with Gasteiger partial charge in [0.25, 0.3) is 5.91 Å². The summed E-state index contributed by atoms with van der Waals surface area (Å²) in [6, 6.07) is 6.31. The molecule has 1 atom stereocenters. The Morgan fingerprint density at radius 3 is 2.70 bits per heavy atom. The van der Waals surface area contributed by atoms with Gasteiger partial charge >= 0.3 is 0 Å². The van der Waals surface area contributed by atoms with Crippen LogP contribution in [0, 0.1) is 13.8 Å². The van der Waals surface area contributed by atoms with E-state index >= 15 is 0 Å². The second-order valence-corrected chi connectivity index (χ2v) is 5.70. The zero-order chi connectivity index (χ0) is 14.5. The van der Waals surface area contributed by atoms with Crippen LogP contribution in [0.25, 0.3) is 0 Å². The molecule has 110 valence electrons. The maximum Gasteiger partial charge on any atom is 0.261 e. The van der Waals surface area contributed by atoms with Crippen molar-refractivity contribution in [3.63, 3.8) is 0 Å². The Balaban J connectivity index is 2.00. The van der Waals surface area contributed by atoms with Gasteiger partial charge in [-0.15, -0.1) is 0 Å². The fourth-order valence-electron chi connectivity index (χ4n) is 2.69. The van der Waals surface area contributed by atoms with Crippen LogP contribution in [-0.4, -0.2) is 18.1 Å². The number of amides is 1. The minimum atomic E-state index is -0.392. The van der Waals surface area contributed by atoms with Gasteiger partial charge in [-0.2, -0.15) is 0 Å². The predicted octanol–water partition coefficient (Wildman–Crippen LogP) is 3.52. The number of carbonyl (C=O) groups is 1. The van der Waals surface area contributed by atoms with Crippen molar-refractivity contribution in [3.05, 3.63) is 29.3 Å². The summed E-state index contributed by atoms with van der Waals surface area (Å²) in [6.07, 6.45) is 4.94. The lowest BCUT2D eigenvalue weighted by molar-refractivity contribution is -0.128. The van der Waals surface area contributed by atoms with Gasteiger partial charge in [0.15, 0.2) is 6.10 Å². The normalized spacial score (nSPS) is 16.9. The van der Waals surface area contributed by atoms with Crippen LogP contribution in [0.1, 0.15) is 50.2 Å². The van der Waals surface area contributed by atoms with Crippen LogP contribution in [0.5, 0.6) is 5.75 Å². The number of ether oxygens (including phenoxy) is 1. The summed E-state index contributed by atoms with van der Waals surface area (Å²) in [4.78, 5) is 12.3. The lowest BCUT2D eigenvalue weighted by Gasteiger charge is -2.21. The average Bonchev–Trinajstić information content (AvgIpc) is 2.93. The molecule has 3 heteroatoms. The molecule has 1 aliphatic carbocycles. The van der Waals surface area contributed by atoms with Gasteiger partial charge in [-0.3, -0.25) is 4.79 Å². The maximum atomic E-state index is 12.3. The molecule has 0 aliphatic heterocycles. The number of hydrogen-bond donors (Lipinski definition) is 1. The smallest absolute Gasteiger partial charge is 0.261 e. The molecule has 0 spiro atoms. The third kappa shape index (κ3) is 3.53. The summed E-state index contributed by atoms with van der Waals surface area (Å²) in [5, 5.41) is 3.12. The number of nitrogens with one attached hydrogen (secondary N) is 1. The average molecular weight is 275 g/mol. The monoisotopic (exact) mass is 275 g/mol. The SMILES string of the molecule is CCC(Oc1cccc(C)c1C)C(=O)NC1CCCC1. The fourth-order valence-corrected chi connectivity index (χ4v) is 2.69. The second-order valence-electron chi connectivity index (χ2n) is 5.70. The Bertz CT molecular complexity index is 464. The second kappa shape index (κ2) is 6.78. The Labute approximate surface area is 121 Å². The van der Waals surface area contributed by atoms with Gasteiger partial charge in [-0.25, -0.2) is 0 Å². The van der Waals surface area contributed by atoms with E-state index in [4.69, 9.17) is 4.74 Å². The topological polar surface area (TPSA) is 38.3 Å². The Morgan fingerprint density at radius 1 is 1.35 bits per heavy atom. The third-order valence-corrected chi connectivity index (χ3v) is 4.19. The molecule has 1 amide bonds. The maximum absolute atomic E-state index is 12.3. The molecule has 1 unspecified atom stereocenters. The van der Waals surface area contributed by atoms with Crippen LogP contribution in [0.3, 0.4) is 0 Å². The van der Waals surface area contributed by atoms with E-state index in [9.17, 15) is 4.79 Å². The first-order valence-electron chi connectivity index (χ1n) is 7.65. The number of aryl methyl sites for hydroxylation is 1. The van der Waals surface area contributed by atoms with Crippen molar-refractivity contribution in [2.24, 2.45) is 0 Å². The van der Waals surface area contributed by atoms with E-state index in [1.807, 2.05) is 26.0 Å². The molecule has 3 nitrogen and oxygen atoms in total. The van der Waals surface area contributed by atoms with Crippen LogP contribution >= 0.6 is 0 Å². The van der Waals surface area contributed by atoms with E-state index in [2.05, 4.69) is 18.3 Å². The number of benzene rings is 1. The highest BCUT2D eigenvalue weighted by molar-refractivity contribution is 5.81. The summed E-state index contributed by atoms with van der Waals surface area (Å²) in [6.45, 7) is 6.08. The number of hydrogen-bond acceptors (Lipinski definition) is 2. The summed E-state index contributed by atoms with van der Waals surface area (Å²) >= 11 is 0. The van der Waals surface area contributed by atoms with Crippen molar-refractivity contribution in [1.82, 2.24) is 5.32 Å². The molecular formula is C17H25NO2. The van der Waals surface area contributed by atoms with Gasteiger partial charge in [0, 0.05) is 6.04 Å². The molecule has 0 bridgehead atoms. The van der Waals surface area contributed by atoms with E-state index in [0.29, 0.717) is 12.5 Å². The number of rotatable bonds is 5. The Kier molecular flexibility index (Phi) is 5.05. The highest BCUT2D eigenvalue weighted by atomic mass is 16.5. The molecule has 1 aliphatic rings. The predicted molar refractivity (Wildman–Crippen MR) is 81.0 cm³/mol. The standard InChI is InChI=1S/C17H25NO2/c1-4-15(17(19)18-14-9-5-6-10-14)20-16-11-7-8-12(2)13(16)3/h7-8,11,14-15H,4-6,9-10H2,1-3H3,(H,18,19). The Morgan fingerprint density at radius 2 is 2.05 bits per heavy atom. The molecular weight excluding hydrogens is 250 g/mol. The molecule has 0 radical (unpaired) electrons. The lowest BCUT2D eigenvalue weighted by Crippen LogP contribution is -2.42. The molecule has 20 heavy (non-hydrogen) atoms. The first kappa shape index (κ1) is 14.9. The van der Waals surface area contributed by atoms with Crippen LogP contribution < -0.4 is 10.1 Å². The van der Waals surface area contributed by atoms with Crippen LogP contribution in [-0.2, 0) is 4.79 Å². The van der Waals surface area contributed by atoms with Crippen molar-refractivity contribution in [3.8, 4) is 5.75 Å². The minimum Gasteiger partial charge on any atom is -0.480 e. The molecule has 0 heterocycles. The van der Waals surface area contributed by atoms with Crippen LogP contribution in [0.2, 0.25) is 0 Å². The summed E-state index contributed by atoms with van der Waals surface area (Å²) in [5.41, 5.74) is 2.30. The van der Waals surface area contributed by atoms with E-state index < -0.39 is 6.10 Å². The van der Waals surface area contributed by atoms with Crippen LogP contribution in [0.4, 0.5) is 0 Å². The zero-order valence-corrected chi connectivity index (χ0v) is 12.7. The van der Waals surface area contributed by atoms with Gasteiger partial charge in [-0.05, 0) is 50.3 Å². The molecule has 0 saturated heterocycles. The van der Waals surface area contributed by atoms with Crippen molar-refractivity contribution in [2.75, 3.05) is 0 Å². The largest absolute Gasteiger partial charge is 0.480 e. The Hall–Kier alpha value is -1.51. The van der Waals surface area contributed by atoms with Crippen molar-refractivity contribution >= 4 is 5.91 Å². The van der Waals surface area contributed by atoms with Crippen molar-refractivity contribution < 1.29 is 9.53 Å². The highest BCUT2D eigenvalue weighted by Crippen LogP contribution is 2.23. The summed E-state index contributed by atoms with van der Waals surface area (Å²) in [7, 11) is 0. The quantitative estimate of drug-likeness (QED) is 0.893. The van der Waals surface area contributed by atoms with E-state index in [-0.39, 0.29) is 5.91 Å². The van der Waals surface area contributed by atoms with Crippen LogP contribution in [0.15, 0.2) is 18.2 Å². The molecule has 1 aromatic carbocycles. The number of carbonyl (C=O) groups excluding carboxylic acids is 1. The third-order valence-electron chi connectivity index (χ3n) is 4.19. The van der Waals surface area contributed by atoms with E-state index in [0.717, 1.165) is 24.2 Å². The lowest BCUT2D eigenvalue weighted by atomic mass is 10.1. The molecule has 1 N–H and O–H groups in total. The van der Waals surface area contributed by atoms with Crippen molar-refractivity contribution in [2.45, 2.75) is 65.0 Å². The van der Waals surface area contributed by atoms with Gasteiger partial charge < -0.3 is 10.1 Å². The van der Waals surface area contributed by atoms with Gasteiger partial charge in [0.2, 0.25) is 0 Å². The molecule has 0 aromatic heterocycles. The van der Waals surface area contributed by atoms with Gasteiger partial charge in [-0.1, -0.05) is 31.9 Å². The summed E-state index contributed by atoms with van der Waals surface area (Å²) in [5.74, 6) is 0.846. The fraction of sp³-hybridized carbons (Fsp3) is 0.588. The first-order chi connectivity index (χ1) is 9.61. The highest BCUT2D eigenvalue weighted by Gasteiger charge is 2.24. The van der Waals surface area contributed by atoms with E-state index in [1.165, 1.54) is 18.4 Å². The van der Waals surface area contributed by atoms with Gasteiger partial charge in [0.05, 0.1) is 0 Å². The molecule has 2 rings (SSSR count). The first-order valence-corrected chi connectivity index (χ1v) is 7.65. The summed E-state index contributed by atoms with van der Waals surface area (Å²) < 4.78 is 5.94. The van der Waals surface area contributed by atoms with E-state index in [1.54, 1.807) is 0 Å². The molecule has 1 aromatic rings.